The quantitative estimate of drug-likeness (QED) is 0.572. The fourth-order valence-corrected chi connectivity index (χ4v) is 3.07. The fourth-order valence-electron chi connectivity index (χ4n) is 2.89. The maximum absolute atomic E-state index is 12.3. The number of halogens is 1. The highest BCUT2D eigenvalue weighted by atomic mass is 35.5. The summed E-state index contributed by atoms with van der Waals surface area (Å²) in [5.41, 5.74) is 3.49. The van der Waals surface area contributed by atoms with Crippen molar-refractivity contribution in [2.75, 3.05) is 0 Å². The number of nitrogens with zero attached hydrogens (tertiary/aromatic N) is 1. The van der Waals surface area contributed by atoms with Gasteiger partial charge >= 0.3 is 0 Å². The van der Waals surface area contributed by atoms with Crippen molar-refractivity contribution in [3.63, 3.8) is 0 Å². The standard InChI is InChI=1S/C19H16ClN3O2/c1-11(18-9-13-8-14(20)3-5-17(13)25-18)23-19(24)7-12-2-4-15-16(6-12)22-10-21-15/h2-6,8-11H,7H2,1H3,(H,21,22)(H,23,24)/t11-/m1/s1. The predicted molar refractivity (Wildman–Crippen MR) is 97.6 cm³/mol. The van der Waals surface area contributed by atoms with Gasteiger partial charge in [0.1, 0.15) is 11.3 Å². The number of rotatable bonds is 4. The first kappa shape index (κ1) is 15.7. The molecule has 0 bridgehead atoms. The lowest BCUT2D eigenvalue weighted by Gasteiger charge is -2.11. The van der Waals surface area contributed by atoms with Crippen LogP contribution in [0, 0.1) is 0 Å². The molecular formula is C19H16ClN3O2. The minimum Gasteiger partial charge on any atom is -0.459 e. The van der Waals surface area contributed by atoms with E-state index in [2.05, 4.69) is 15.3 Å². The zero-order valence-corrected chi connectivity index (χ0v) is 14.3. The van der Waals surface area contributed by atoms with Gasteiger partial charge in [-0.3, -0.25) is 4.79 Å². The fraction of sp³-hybridized carbons (Fsp3) is 0.158. The Hall–Kier alpha value is -2.79. The molecular weight excluding hydrogens is 338 g/mol. The van der Waals surface area contributed by atoms with Gasteiger partial charge in [-0.15, -0.1) is 0 Å². The van der Waals surface area contributed by atoms with E-state index in [1.165, 1.54) is 0 Å². The van der Waals surface area contributed by atoms with Crippen LogP contribution in [0.15, 0.2) is 53.2 Å². The zero-order chi connectivity index (χ0) is 17.4. The topological polar surface area (TPSA) is 70.9 Å². The van der Waals surface area contributed by atoms with Crippen molar-refractivity contribution < 1.29 is 9.21 Å². The summed E-state index contributed by atoms with van der Waals surface area (Å²) in [5.74, 6) is 0.638. The Labute approximate surface area is 149 Å². The van der Waals surface area contributed by atoms with E-state index in [0.29, 0.717) is 17.2 Å². The van der Waals surface area contributed by atoms with E-state index < -0.39 is 0 Å². The Morgan fingerprint density at radius 2 is 2.16 bits per heavy atom. The molecule has 126 valence electrons. The molecule has 2 aromatic carbocycles. The number of furan rings is 1. The SMILES string of the molecule is C[C@@H](NC(=O)Cc1ccc2nc[nH]c2c1)c1cc2cc(Cl)ccc2o1. The van der Waals surface area contributed by atoms with Gasteiger partial charge in [0.15, 0.2) is 0 Å². The first-order valence-electron chi connectivity index (χ1n) is 7.99. The molecule has 25 heavy (non-hydrogen) atoms. The average molecular weight is 354 g/mol. The largest absolute Gasteiger partial charge is 0.459 e. The third-order valence-corrected chi connectivity index (χ3v) is 4.39. The molecule has 0 aliphatic heterocycles. The highest BCUT2D eigenvalue weighted by Gasteiger charge is 2.15. The number of imidazole rings is 1. The molecule has 0 radical (unpaired) electrons. The number of carbonyl (C=O) groups is 1. The highest BCUT2D eigenvalue weighted by molar-refractivity contribution is 6.31. The first-order chi connectivity index (χ1) is 12.1. The van der Waals surface area contributed by atoms with E-state index in [0.717, 1.165) is 27.6 Å². The van der Waals surface area contributed by atoms with Crippen LogP contribution >= 0.6 is 11.6 Å². The molecule has 1 amide bonds. The number of benzene rings is 2. The maximum atomic E-state index is 12.3. The van der Waals surface area contributed by atoms with Gasteiger partial charge in [0, 0.05) is 10.4 Å². The van der Waals surface area contributed by atoms with E-state index in [4.69, 9.17) is 16.0 Å². The van der Waals surface area contributed by atoms with Gasteiger partial charge in [-0.1, -0.05) is 17.7 Å². The minimum absolute atomic E-state index is 0.0650. The number of H-pyrrole nitrogens is 1. The molecule has 2 heterocycles. The monoisotopic (exact) mass is 353 g/mol. The molecule has 0 spiro atoms. The van der Waals surface area contributed by atoms with Crippen LogP contribution < -0.4 is 5.32 Å². The molecule has 0 fully saturated rings. The molecule has 0 aliphatic rings. The molecule has 6 heteroatoms. The van der Waals surface area contributed by atoms with Crippen LogP contribution in [0.5, 0.6) is 0 Å². The normalized spacial score (nSPS) is 12.6. The van der Waals surface area contributed by atoms with Crippen LogP contribution in [0.25, 0.3) is 22.0 Å². The Balaban J connectivity index is 1.46. The van der Waals surface area contributed by atoms with Crippen molar-refractivity contribution in [2.45, 2.75) is 19.4 Å². The molecule has 2 aromatic heterocycles. The van der Waals surface area contributed by atoms with Crippen molar-refractivity contribution in [1.29, 1.82) is 0 Å². The average Bonchev–Trinajstić information content (AvgIpc) is 3.20. The number of hydrogen-bond acceptors (Lipinski definition) is 3. The number of carbonyl (C=O) groups excluding carboxylic acids is 1. The number of aromatic nitrogens is 2. The van der Waals surface area contributed by atoms with Crippen molar-refractivity contribution in [1.82, 2.24) is 15.3 Å². The van der Waals surface area contributed by atoms with Gasteiger partial charge in [-0.05, 0) is 48.9 Å². The van der Waals surface area contributed by atoms with Crippen LogP contribution in [0.4, 0.5) is 0 Å². The number of hydrogen-bond donors (Lipinski definition) is 2. The second kappa shape index (κ2) is 6.26. The molecule has 0 aliphatic carbocycles. The van der Waals surface area contributed by atoms with Gasteiger partial charge in [0.05, 0.1) is 29.8 Å². The minimum atomic E-state index is -0.227. The van der Waals surface area contributed by atoms with Crippen molar-refractivity contribution >= 4 is 39.5 Å². The molecule has 0 saturated heterocycles. The summed E-state index contributed by atoms with van der Waals surface area (Å²) >= 11 is 6.00. The Morgan fingerprint density at radius 1 is 1.28 bits per heavy atom. The van der Waals surface area contributed by atoms with E-state index >= 15 is 0 Å². The summed E-state index contributed by atoms with van der Waals surface area (Å²) < 4.78 is 5.80. The van der Waals surface area contributed by atoms with Gasteiger partial charge in [0.2, 0.25) is 5.91 Å². The van der Waals surface area contributed by atoms with Gasteiger partial charge in [-0.25, -0.2) is 4.98 Å². The maximum Gasteiger partial charge on any atom is 0.225 e. The molecule has 4 aromatic rings. The lowest BCUT2D eigenvalue weighted by Crippen LogP contribution is -2.27. The molecule has 2 N–H and O–H groups in total. The molecule has 5 nitrogen and oxygen atoms in total. The van der Waals surface area contributed by atoms with E-state index in [-0.39, 0.29) is 11.9 Å². The Morgan fingerprint density at radius 3 is 3.04 bits per heavy atom. The summed E-state index contributed by atoms with van der Waals surface area (Å²) in [5, 5.41) is 4.55. The third kappa shape index (κ3) is 3.23. The summed E-state index contributed by atoms with van der Waals surface area (Å²) in [6, 6.07) is 12.9. The summed E-state index contributed by atoms with van der Waals surface area (Å²) in [7, 11) is 0. The van der Waals surface area contributed by atoms with Crippen LogP contribution in [0.1, 0.15) is 24.3 Å². The Bertz CT molecular complexity index is 1070. The zero-order valence-electron chi connectivity index (χ0n) is 13.5. The van der Waals surface area contributed by atoms with Crippen LogP contribution in [-0.4, -0.2) is 15.9 Å². The highest BCUT2D eigenvalue weighted by Crippen LogP contribution is 2.26. The van der Waals surface area contributed by atoms with E-state index in [1.807, 2.05) is 43.3 Å². The number of amides is 1. The lowest BCUT2D eigenvalue weighted by molar-refractivity contribution is -0.121. The molecule has 0 saturated carbocycles. The smallest absolute Gasteiger partial charge is 0.225 e. The summed E-state index contributed by atoms with van der Waals surface area (Å²) in [6.45, 7) is 1.90. The Kier molecular flexibility index (Phi) is 3.93. The van der Waals surface area contributed by atoms with Crippen LogP contribution in [0.2, 0.25) is 5.02 Å². The molecule has 0 unspecified atom stereocenters. The number of nitrogens with one attached hydrogen (secondary N) is 2. The second-order valence-electron chi connectivity index (χ2n) is 6.05. The van der Waals surface area contributed by atoms with Crippen molar-refractivity contribution in [3.8, 4) is 0 Å². The lowest BCUT2D eigenvalue weighted by atomic mass is 10.1. The van der Waals surface area contributed by atoms with Gasteiger partial charge in [-0.2, -0.15) is 0 Å². The van der Waals surface area contributed by atoms with E-state index in [9.17, 15) is 4.79 Å². The first-order valence-corrected chi connectivity index (χ1v) is 8.37. The van der Waals surface area contributed by atoms with Crippen molar-refractivity contribution in [3.05, 3.63) is 65.1 Å². The number of fused-ring (bicyclic) bond motifs is 2. The molecule has 4 rings (SSSR count). The third-order valence-electron chi connectivity index (χ3n) is 4.15. The van der Waals surface area contributed by atoms with Crippen molar-refractivity contribution in [2.24, 2.45) is 0 Å². The second-order valence-corrected chi connectivity index (χ2v) is 6.49. The summed E-state index contributed by atoms with van der Waals surface area (Å²) in [6.07, 6.45) is 1.94. The van der Waals surface area contributed by atoms with Crippen LogP contribution in [-0.2, 0) is 11.2 Å². The predicted octanol–water partition coefficient (Wildman–Crippen LogP) is 4.38. The van der Waals surface area contributed by atoms with Gasteiger partial charge in [0.25, 0.3) is 0 Å². The summed E-state index contributed by atoms with van der Waals surface area (Å²) in [4.78, 5) is 19.6. The van der Waals surface area contributed by atoms with Crippen LogP contribution in [0.3, 0.4) is 0 Å². The molecule has 1 atom stereocenters. The van der Waals surface area contributed by atoms with Gasteiger partial charge < -0.3 is 14.7 Å². The number of aromatic amines is 1. The van der Waals surface area contributed by atoms with E-state index in [1.54, 1.807) is 12.4 Å².